The fraction of sp³-hybridized carbons (Fsp3) is 0.538. The highest BCUT2D eigenvalue weighted by atomic mass is 16.5. The number of hydrogen-bond donors (Lipinski definition) is 2. The average molecular weight is 492 g/mol. The van der Waals surface area contributed by atoms with E-state index in [2.05, 4.69) is 42.2 Å². The molecule has 10 heteroatoms. The molecule has 1 aromatic carbocycles. The van der Waals surface area contributed by atoms with Crippen molar-refractivity contribution in [2.24, 2.45) is 0 Å². The van der Waals surface area contributed by atoms with Gasteiger partial charge in [-0.3, -0.25) is 4.98 Å². The van der Waals surface area contributed by atoms with E-state index in [0.29, 0.717) is 18.5 Å². The number of aliphatic hydroxyl groups excluding tert-OH is 1. The van der Waals surface area contributed by atoms with Crippen LogP contribution in [-0.2, 0) is 4.74 Å². The van der Waals surface area contributed by atoms with Crippen LogP contribution in [-0.4, -0.2) is 82.7 Å². The summed E-state index contributed by atoms with van der Waals surface area (Å²) < 4.78 is 12.1. The largest absolute Gasteiger partial charge is 0.488 e. The van der Waals surface area contributed by atoms with E-state index in [9.17, 15) is 5.11 Å². The zero-order valence-corrected chi connectivity index (χ0v) is 20.4. The maximum atomic E-state index is 9.83. The fourth-order valence-electron chi connectivity index (χ4n) is 5.35. The molecule has 1 unspecified atom stereocenters. The van der Waals surface area contributed by atoms with Crippen LogP contribution in [0.5, 0.6) is 5.75 Å². The highest BCUT2D eigenvalue weighted by Gasteiger charge is 2.26. The first-order valence-electron chi connectivity index (χ1n) is 13.0. The van der Waals surface area contributed by atoms with Gasteiger partial charge in [-0.05, 0) is 44.2 Å². The summed E-state index contributed by atoms with van der Waals surface area (Å²) in [6, 6.07) is 6.42. The molecule has 4 heterocycles. The number of hydrogen-bond acceptors (Lipinski definition) is 10. The van der Waals surface area contributed by atoms with Gasteiger partial charge in [0.2, 0.25) is 5.95 Å². The first-order valence-corrected chi connectivity index (χ1v) is 13.0. The van der Waals surface area contributed by atoms with Crippen LogP contribution in [0, 0.1) is 0 Å². The number of morpholine rings is 1. The zero-order valence-electron chi connectivity index (χ0n) is 20.4. The van der Waals surface area contributed by atoms with Crippen molar-refractivity contribution in [3.05, 3.63) is 36.8 Å². The number of nitrogens with zero attached hydrogens (tertiary/aromatic N) is 6. The van der Waals surface area contributed by atoms with Gasteiger partial charge in [-0.1, -0.05) is 0 Å². The molecule has 2 aromatic heterocycles. The number of anilines is 3. The number of benzene rings is 1. The minimum atomic E-state index is -0.274. The Bertz CT molecular complexity index is 1180. The van der Waals surface area contributed by atoms with Gasteiger partial charge in [-0.2, -0.15) is 4.98 Å². The maximum Gasteiger partial charge on any atom is 0.224 e. The second-order valence-electron chi connectivity index (χ2n) is 9.83. The smallest absolute Gasteiger partial charge is 0.224 e. The summed E-state index contributed by atoms with van der Waals surface area (Å²) in [5.74, 6) is 2.33. The van der Waals surface area contributed by atoms with Crippen molar-refractivity contribution in [2.45, 2.75) is 50.4 Å². The van der Waals surface area contributed by atoms with E-state index in [1.54, 1.807) is 18.6 Å². The molecule has 36 heavy (non-hydrogen) atoms. The van der Waals surface area contributed by atoms with E-state index in [1.165, 1.54) is 0 Å². The molecule has 10 nitrogen and oxygen atoms in total. The van der Waals surface area contributed by atoms with E-state index in [1.807, 2.05) is 6.07 Å². The minimum absolute atomic E-state index is 0.131. The Morgan fingerprint density at radius 3 is 2.56 bits per heavy atom. The van der Waals surface area contributed by atoms with Crippen LogP contribution < -0.4 is 19.9 Å². The van der Waals surface area contributed by atoms with Gasteiger partial charge in [-0.15, -0.1) is 0 Å². The van der Waals surface area contributed by atoms with Crippen LogP contribution in [0.3, 0.4) is 0 Å². The Morgan fingerprint density at radius 2 is 1.75 bits per heavy atom. The Hall–Kier alpha value is -3.24. The number of fused-ring (bicyclic) bond motifs is 1. The number of β-amino-alcohol motifs (C(OH)–C–C–N with tert-alkyl or cyclic N) is 1. The Morgan fingerprint density at radius 1 is 0.917 bits per heavy atom. The monoisotopic (exact) mass is 491 g/mol. The summed E-state index contributed by atoms with van der Waals surface area (Å²) in [7, 11) is 0. The fourth-order valence-corrected chi connectivity index (χ4v) is 5.35. The number of nitrogens with one attached hydrogen (secondary N) is 1. The quantitative estimate of drug-likeness (QED) is 0.534. The normalized spacial score (nSPS) is 24.8. The molecule has 3 aromatic rings. The van der Waals surface area contributed by atoms with Crippen LogP contribution >= 0.6 is 0 Å². The lowest BCUT2D eigenvalue weighted by Gasteiger charge is -2.31. The molecular weight excluding hydrogens is 458 g/mol. The molecule has 3 fully saturated rings. The second-order valence-corrected chi connectivity index (χ2v) is 9.83. The second kappa shape index (κ2) is 10.4. The van der Waals surface area contributed by atoms with Crippen molar-refractivity contribution in [1.29, 1.82) is 0 Å². The van der Waals surface area contributed by atoms with Gasteiger partial charge in [0.05, 0.1) is 30.9 Å². The number of ether oxygens (including phenoxy) is 2. The third-order valence-electron chi connectivity index (χ3n) is 7.33. The zero-order chi connectivity index (χ0) is 24.3. The lowest BCUT2D eigenvalue weighted by Crippen LogP contribution is -2.36. The Labute approximate surface area is 210 Å². The Kier molecular flexibility index (Phi) is 6.69. The summed E-state index contributed by atoms with van der Waals surface area (Å²) in [6.45, 7) is 4.65. The molecule has 2 saturated heterocycles. The molecule has 1 atom stereocenters. The van der Waals surface area contributed by atoms with Crippen LogP contribution in [0.1, 0.15) is 32.1 Å². The van der Waals surface area contributed by atoms with Crippen molar-refractivity contribution in [1.82, 2.24) is 19.9 Å². The molecule has 0 amide bonds. The SMILES string of the molecule is OC1CCN(c2ccnc(NC3CCC(Oc4cc(N5CCOCC5)cc5nccnc45)CC3)n2)C1. The van der Waals surface area contributed by atoms with E-state index in [0.717, 1.165) is 93.2 Å². The predicted octanol–water partition coefficient (Wildman–Crippen LogP) is 2.63. The first kappa shape index (κ1) is 23.2. The molecule has 190 valence electrons. The molecule has 0 radical (unpaired) electrons. The molecule has 3 aliphatic rings. The van der Waals surface area contributed by atoms with Crippen LogP contribution in [0.4, 0.5) is 17.5 Å². The summed E-state index contributed by atoms with van der Waals surface area (Å²) in [5.41, 5.74) is 2.78. The van der Waals surface area contributed by atoms with Gasteiger partial charge in [0.25, 0.3) is 0 Å². The molecule has 1 saturated carbocycles. The van der Waals surface area contributed by atoms with E-state index in [4.69, 9.17) is 14.5 Å². The molecule has 1 aliphatic carbocycles. The summed E-state index contributed by atoms with van der Waals surface area (Å²) in [5, 5.41) is 13.3. The van der Waals surface area contributed by atoms with Crippen LogP contribution in [0.2, 0.25) is 0 Å². The summed E-state index contributed by atoms with van der Waals surface area (Å²) in [6.07, 6.45) is 9.73. The van der Waals surface area contributed by atoms with Gasteiger partial charge < -0.3 is 29.7 Å². The van der Waals surface area contributed by atoms with Gasteiger partial charge in [0.1, 0.15) is 17.1 Å². The molecule has 6 rings (SSSR count). The van der Waals surface area contributed by atoms with Gasteiger partial charge in [0.15, 0.2) is 0 Å². The average Bonchev–Trinajstić information content (AvgIpc) is 3.37. The predicted molar refractivity (Wildman–Crippen MR) is 138 cm³/mol. The van der Waals surface area contributed by atoms with Crippen LogP contribution in [0.15, 0.2) is 36.8 Å². The summed E-state index contributed by atoms with van der Waals surface area (Å²) >= 11 is 0. The standard InChI is InChI=1S/C26H33N7O3/c34-20-6-10-33(17-20)24-5-7-29-26(31-24)30-18-1-3-21(4-2-18)36-23-16-19(32-11-13-35-14-12-32)15-22-25(23)28-9-8-27-22/h5,7-9,15-16,18,20-21,34H,1-4,6,10-14,17H2,(H,29,30,31). The molecule has 2 N–H and O–H groups in total. The number of aromatic nitrogens is 4. The van der Waals surface area contributed by atoms with E-state index in [-0.39, 0.29) is 12.2 Å². The molecular formula is C26H33N7O3. The number of rotatable bonds is 6. The van der Waals surface area contributed by atoms with E-state index < -0.39 is 0 Å². The van der Waals surface area contributed by atoms with Crippen LogP contribution in [0.25, 0.3) is 11.0 Å². The molecule has 0 bridgehead atoms. The highest BCUT2D eigenvalue weighted by molar-refractivity contribution is 5.85. The van der Waals surface area contributed by atoms with Gasteiger partial charge >= 0.3 is 0 Å². The van der Waals surface area contributed by atoms with Crippen molar-refractivity contribution >= 4 is 28.5 Å². The minimum Gasteiger partial charge on any atom is -0.488 e. The lowest BCUT2D eigenvalue weighted by atomic mass is 9.93. The third-order valence-corrected chi connectivity index (χ3v) is 7.33. The molecule has 0 spiro atoms. The van der Waals surface area contributed by atoms with Gasteiger partial charge in [0, 0.05) is 62.6 Å². The first-order chi connectivity index (χ1) is 17.7. The highest BCUT2D eigenvalue weighted by Crippen LogP contribution is 2.33. The van der Waals surface area contributed by atoms with Crippen molar-refractivity contribution in [3.63, 3.8) is 0 Å². The van der Waals surface area contributed by atoms with Gasteiger partial charge in [-0.25, -0.2) is 9.97 Å². The van der Waals surface area contributed by atoms with Crippen molar-refractivity contribution in [3.8, 4) is 5.75 Å². The Balaban J connectivity index is 1.10. The third kappa shape index (κ3) is 5.15. The maximum absolute atomic E-state index is 9.83. The number of aliphatic hydroxyl groups is 1. The topological polar surface area (TPSA) is 109 Å². The van der Waals surface area contributed by atoms with Crippen molar-refractivity contribution in [2.75, 3.05) is 54.5 Å². The van der Waals surface area contributed by atoms with E-state index >= 15 is 0 Å². The summed E-state index contributed by atoms with van der Waals surface area (Å²) in [4.78, 5) is 22.7. The van der Waals surface area contributed by atoms with Crippen molar-refractivity contribution < 1.29 is 14.6 Å². The molecule has 2 aliphatic heterocycles. The lowest BCUT2D eigenvalue weighted by molar-refractivity contribution is 0.122.